The minimum atomic E-state index is -1.05. The Bertz CT molecular complexity index is 2680. The van der Waals surface area contributed by atoms with Crippen LogP contribution in [0.2, 0.25) is 0 Å². The molecule has 17 heteroatoms. The molecule has 4 fully saturated rings. The third-order valence-corrected chi connectivity index (χ3v) is 14.9. The van der Waals surface area contributed by atoms with Gasteiger partial charge in [-0.05, 0) is 104 Å². The number of hydrogen-bond acceptors (Lipinski definition) is 11. The lowest BCUT2D eigenvalue weighted by molar-refractivity contribution is -0.146. The van der Waals surface area contributed by atoms with Crippen molar-refractivity contribution >= 4 is 57.4 Å². The standard InChI is InChI=1S/C48H49FN10O5S/c49-37-21-32(20-35-36(37)22-59(46(35)64)43(45(63)54-47-50-15-19-65-47)42-39-2-1-16-56(39)28-51-42)30-5-9-34(10-6-30)57-24-48(25-57)26-58(27-48)41(61)23-55-17-13-31(14-18-55)29-3-7-33(8-4-29)52-38-11-12-40(60)53-44(38)62/h3-10,15,19-21,28,31,38,43,52H,1-2,11-14,16-18,22-27H2,(H,50,54,63)(H,53,60,62). The van der Waals surface area contributed by atoms with Crippen molar-refractivity contribution in [2.75, 3.05) is 61.3 Å². The maximum atomic E-state index is 15.9. The molecule has 2 aromatic heterocycles. The lowest BCUT2D eigenvalue weighted by atomic mass is 9.72. The van der Waals surface area contributed by atoms with Crippen molar-refractivity contribution < 1.29 is 28.4 Å². The molecule has 65 heavy (non-hydrogen) atoms. The van der Waals surface area contributed by atoms with Crippen molar-refractivity contribution in [3.8, 4) is 11.1 Å². The van der Waals surface area contributed by atoms with Crippen LogP contribution < -0.4 is 20.9 Å². The Labute approximate surface area is 379 Å². The van der Waals surface area contributed by atoms with Gasteiger partial charge >= 0.3 is 0 Å². The molecule has 1 spiro atoms. The van der Waals surface area contributed by atoms with E-state index in [0.29, 0.717) is 41.7 Å². The molecule has 3 aromatic carbocycles. The molecule has 2 unspecified atom stereocenters. The second-order valence-electron chi connectivity index (χ2n) is 18.5. The summed E-state index contributed by atoms with van der Waals surface area (Å²) in [6.07, 6.45) is 7.76. The van der Waals surface area contributed by atoms with Gasteiger partial charge in [-0.3, -0.25) is 39.5 Å². The molecule has 15 nitrogen and oxygen atoms in total. The zero-order valence-electron chi connectivity index (χ0n) is 35.8. The van der Waals surface area contributed by atoms with E-state index in [1.807, 2.05) is 45.9 Å². The van der Waals surface area contributed by atoms with Gasteiger partial charge in [0, 0.05) is 84.3 Å². The van der Waals surface area contributed by atoms with E-state index in [9.17, 15) is 24.0 Å². The molecule has 3 N–H and O–H groups in total. The third-order valence-electron chi connectivity index (χ3n) is 14.2. The lowest BCUT2D eigenvalue weighted by Crippen LogP contribution is -2.73. The van der Waals surface area contributed by atoms with E-state index >= 15 is 4.39 Å². The molecule has 0 aliphatic carbocycles. The number of hydrogen-bond donors (Lipinski definition) is 3. The molecule has 4 saturated heterocycles. The number of fused-ring (bicyclic) bond motifs is 2. The fraction of sp³-hybridized carbons (Fsp3) is 0.396. The molecule has 5 amide bonds. The Morgan fingerprint density at radius 2 is 1.69 bits per heavy atom. The maximum absolute atomic E-state index is 15.9. The highest BCUT2D eigenvalue weighted by Gasteiger charge is 2.53. The number of aromatic nitrogens is 3. The largest absolute Gasteiger partial charge is 0.374 e. The quantitative estimate of drug-likeness (QED) is 0.151. The fourth-order valence-corrected chi connectivity index (χ4v) is 11.2. The molecule has 0 radical (unpaired) electrons. The summed E-state index contributed by atoms with van der Waals surface area (Å²) in [7, 11) is 0. The molecule has 11 rings (SSSR count). The first-order valence-corrected chi connectivity index (χ1v) is 23.4. The van der Waals surface area contributed by atoms with Crippen molar-refractivity contribution in [2.45, 2.75) is 69.6 Å². The van der Waals surface area contributed by atoms with Crippen molar-refractivity contribution in [3.05, 3.63) is 112 Å². The number of piperidine rings is 2. The number of likely N-dealkylation sites (tertiary alicyclic amines) is 2. The van der Waals surface area contributed by atoms with Crippen molar-refractivity contribution in [3.63, 3.8) is 0 Å². The van der Waals surface area contributed by atoms with Gasteiger partial charge in [0.2, 0.25) is 17.7 Å². The van der Waals surface area contributed by atoms with Gasteiger partial charge in [-0.1, -0.05) is 24.3 Å². The van der Waals surface area contributed by atoms with E-state index in [4.69, 9.17) is 0 Å². The molecule has 6 aliphatic rings. The van der Waals surface area contributed by atoms with Gasteiger partial charge < -0.3 is 24.6 Å². The topological polar surface area (TPSA) is 165 Å². The molecule has 0 bridgehead atoms. The Kier molecular flexibility index (Phi) is 10.5. The monoisotopic (exact) mass is 896 g/mol. The minimum absolute atomic E-state index is 0.0487. The number of imide groups is 1. The van der Waals surface area contributed by atoms with Crippen molar-refractivity contribution in [1.82, 2.24) is 34.6 Å². The maximum Gasteiger partial charge on any atom is 0.255 e. The summed E-state index contributed by atoms with van der Waals surface area (Å²) >= 11 is 1.28. The predicted octanol–water partition coefficient (Wildman–Crippen LogP) is 5.17. The Balaban J connectivity index is 0.664. The number of thiazole rings is 1. The van der Waals surface area contributed by atoms with E-state index in [-0.39, 0.29) is 40.8 Å². The number of carbonyl (C=O) groups excluding carboxylic acids is 5. The zero-order chi connectivity index (χ0) is 44.4. The van der Waals surface area contributed by atoms with Gasteiger partial charge in [0.1, 0.15) is 11.9 Å². The van der Waals surface area contributed by atoms with Gasteiger partial charge in [-0.2, -0.15) is 0 Å². The van der Waals surface area contributed by atoms with Crippen LogP contribution in [0.25, 0.3) is 11.1 Å². The van der Waals surface area contributed by atoms with Gasteiger partial charge in [-0.15, -0.1) is 11.3 Å². The Hall–Kier alpha value is -6.46. The number of aryl methyl sites for hydroxylation is 1. The number of carbonyl (C=O) groups is 5. The van der Waals surface area contributed by atoms with Crippen molar-refractivity contribution in [2.24, 2.45) is 5.41 Å². The highest BCUT2D eigenvalue weighted by molar-refractivity contribution is 7.13. The van der Waals surface area contributed by atoms with Crippen LogP contribution in [0.1, 0.15) is 76.9 Å². The van der Waals surface area contributed by atoms with Crippen molar-refractivity contribution in [1.29, 1.82) is 0 Å². The van der Waals surface area contributed by atoms with Gasteiger partial charge in [0.25, 0.3) is 11.8 Å². The Morgan fingerprint density at radius 1 is 0.908 bits per heavy atom. The molecule has 0 saturated carbocycles. The first kappa shape index (κ1) is 41.3. The third kappa shape index (κ3) is 7.83. The number of nitrogens with one attached hydrogen (secondary N) is 3. The smallest absolute Gasteiger partial charge is 0.255 e. The number of amides is 5. The molecule has 8 heterocycles. The van der Waals surface area contributed by atoms with E-state index in [0.717, 1.165) is 94.1 Å². The van der Waals surface area contributed by atoms with Crippen LogP contribution in [-0.2, 0) is 38.7 Å². The number of anilines is 3. The second kappa shape index (κ2) is 16.5. The normalized spacial score (nSPS) is 20.8. The van der Waals surface area contributed by atoms with Crippen LogP contribution in [0.4, 0.5) is 20.9 Å². The summed E-state index contributed by atoms with van der Waals surface area (Å²) < 4.78 is 18.0. The first-order valence-electron chi connectivity index (χ1n) is 22.5. The van der Waals surface area contributed by atoms with Crippen LogP contribution >= 0.6 is 11.3 Å². The highest BCUT2D eigenvalue weighted by atomic mass is 32.1. The Morgan fingerprint density at radius 3 is 2.43 bits per heavy atom. The molecule has 334 valence electrons. The van der Waals surface area contributed by atoms with Gasteiger partial charge in [-0.25, -0.2) is 14.4 Å². The van der Waals surface area contributed by atoms with E-state index < -0.39 is 29.7 Å². The lowest BCUT2D eigenvalue weighted by Gasteiger charge is -2.61. The first-order chi connectivity index (χ1) is 31.6. The summed E-state index contributed by atoms with van der Waals surface area (Å²) in [5.41, 5.74) is 6.58. The molecular weight excluding hydrogens is 848 g/mol. The molecule has 6 aliphatic heterocycles. The van der Waals surface area contributed by atoms with Crippen LogP contribution in [0, 0.1) is 11.2 Å². The van der Waals surface area contributed by atoms with E-state index in [2.05, 4.69) is 47.9 Å². The van der Waals surface area contributed by atoms with Crippen LogP contribution in [0.15, 0.2) is 78.6 Å². The highest BCUT2D eigenvalue weighted by Crippen LogP contribution is 2.43. The molecule has 2 atom stereocenters. The zero-order valence-corrected chi connectivity index (χ0v) is 36.6. The summed E-state index contributed by atoms with van der Waals surface area (Å²) in [4.78, 5) is 81.7. The summed E-state index contributed by atoms with van der Waals surface area (Å²) in [6, 6.07) is 17.9. The fourth-order valence-electron chi connectivity index (χ4n) is 10.7. The van der Waals surface area contributed by atoms with E-state index in [1.54, 1.807) is 24.0 Å². The van der Waals surface area contributed by atoms with Crippen LogP contribution in [-0.4, -0.2) is 111 Å². The predicted molar refractivity (Wildman–Crippen MR) is 242 cm³/mol. The van der Waals surface area contributed by atoms with Crippen LogP contribution in [0.3, 0.4) is 0 Å². The number of imidazole rings is 1. The molecular formula is C48H49FN10O5S. The number of rotatable bonds is 11. The molecule has 5 aromatic rings. The summed E-state index contributed by atoms with van der Waals surface area (Å²) in [5, 5.41) is 10.7. The van der Waals surface area contributed by atoms with E-state index in [1.165, 1.54) is 27.9 Å². The second-order valence-corrected chi connectivity index (χ2v) is 19.4. The summed E-state index contributed by atoms with van der Waals surface area (Å²) in [5.74, 6) is -1.24. The average Bonchev–Trinajstić information content (AvgIpc) is 4.10. The van der Waals surface area contributed by atoms with Gasteiger partial charge in [0.15, 0.2) is 11.2 Å². The SMILES string of the molecule is O=C1CCC(Nc2ccc(C3CCN(CC(=O)N4CC5(C4)CN(c4ccc(-c6cc(F)c7c(c6)C(=O)N(C(C(=O)Nc6nccs6)c6ncn8c6CCC8)C7)cc4)C5)CC3)cc2)C(=O)N1. The number of nitrogens with zero attached hydrogens (tertiary/aromatic N) is 7. The summed E-state index contributed by atoms with van der Waals surface area (Å²) in [6.45, 7) is 6.14. The number of benzene rings is 3. The average molecular weight is 897 g/mol. The van der Waals surface area contributed by atoms with Crippen LogP contribution in [0.5, 0.6) is 0 Å². The number of halogens is 1. The minimum Gasteiger partial charge on any atom is -0.374 e. The van der Waals surface area contributed by atoms with Gasteiger partial charge in [0.05, 0.1) is 25.1 Å².